The van der Waals surface area contributed by atoms with E-state index >= 15 is 0 Å². The Bertz CT molecular complexity index is 488. The second kappa shape index (κ2) is 4.84. The molecule has 84 valence electrons. The lowest BCUT2D eigenvalue weighted by atomic mass is 10.2. The average Bonchev–Trinajstić information content (AvgIpc) is 2.71. The van der Waals surface area contributed by atoms with Crippen molar-refractivity contribution in [3.63, 3.8) is 0 Å². The molecule has 2 aromatic rings. The SMILES string of the molecule is CCCCOc1ccc2[nH]cc(C=O)c2c1. The highest BCUT2D eigenvalue weighted by Gasteiger charge is 2.03. The van der Waals surface area contributed by atoms with E-state index in [1.54, 1.807) is 6.20 Å². The molecule has 0 atom stereocenters. The second-order valence-electron chi connectivity index (χ2n) is 3.77. The van der Waals surface area contributed by atoms with Crippen molar-refractivity contribution >= 4 is 17.2 Å². The number of aromatic amines is 1. The van der Waals surface area contributed by atoms with Crippen LogP contribution in [0.5, 0.6) is 5.75 Å². The van der Waals surface area contributed by atoms with Crippen LogP contribution in [0, 0.1) is 0 Å². The highest BCUT2D eigenvalue weighted by atomic mass is 16.5. The third-order valence-corrected chi connectivity index (χ3v) is 2.58. The number of carbonyl (C=O) groups is 1. The molecule has 3 heteroatoms. The molecule has 2 rings (SSSR count). The van der Waals surface area contributed by atoms with E-state index in [2.05, 4.69) is 11.9 Å². The van der Waals surface area contributed by atoms with Gasteiger partial charge in [0.2, 0.25) is 0 Å². The molecular formula is C13H15NO2. The molecule has 0 aliphatic heterocycles. The molecule has 0 fully saturated rings. The number of H-pyrrole nitrogens is 1. The van der Waals surface area contributed by atoms with Gasteiger partial charge in [-0.05, 0) is 24.6 Å². The molecule has 0 saturated carbocycles. The number of aromatic nitrogens is 1. The summed E-state index contributed by atoms with van der Waals surface area (Å²) < 4.78 is 5.59. The zero-order valence-corrected chi connectivity index (χ0v) is 9.32. The number of rotatable bonds is 5. The Hall–Kier alpha value is -1.77. The van der Waals surface area contributed by atoms with Crippen molar-refractivity contribution in [2.24, 2.45) is 0 Å². The van der Waals surface area contributed by atoms with E-state index in [1.807, 2.05) is 18.2 Å². The predicted octanol–water partition coefficient (Wildman–Crippen LogP) is 3.16. The van der Waals surface area contributed by atoms with Crippen LogP contribution in [-0.2, 0) is 0 Å². The van der Waals surface area contributed by atoms with Crippen molar-refractivity contribution < 1.29 is 9.53 Å². The Balaban J connectivity index is 2.24. The highest BCUT2D eigenvalue weighted by molar-refractivity contribution is 5.97. The van der Waals surface area contributed by atoms with Crippen LogP contribution >= 0.6 is 0 Å². The number of carbonyl (C=O) groups excluding carboxylic acids is 1. The fourth-order valence-electron chi connectivity index (χ4n) is 1.64. The van der Waals surface area contributed by atoms with Crippen LogP contribution in [0.4, 0.5) is 0 Å². The average molecular weight is 217 g/mol. The zero-order chi connectivity index (χ0) is 11.4. The fraction of sp³-hybridized carbons (Fsp3) is 0.308. The van der Waals surface area contributed by atoms with Gasteiger partial charge in [0.05, 0.1) is 6.61 Å². The van der Waals surface area contributed by atoms with E-state index in [1.165, 1.54) is 0 Å². The van der Waals surface area contributed by atoms with E-state index in [0.717, 1.165) is 42.4 Å². The first-order valence-corrected chi connectivity index (χ1v) is 5.54. The first kappa shape index (κ1) is 10.7. The Labute approximate surface area is 94.4 Å². The number of unbranched alkanes of at least 4 members (excludes halogenated alkanes) is 1. The van der Waals surface area contributed by atoms with E-state index in [-0.39, 0.29) is 0 Å². The number of nitrogens with one attached hydrogen (secondary N) is 1. The Morgan fingerprint density at radius 3 is 3.06 bits per heavy atom. The summed E-state index contributed by atoms with van der Waals surface area (Å²) >= 11 is 0. The molecule has 0 amide bonds. The molecule has 0 saturated heterocycles. The van der Waals surface area contributed by atoms with Gasteiger partial charge in [-0.2, -0.15) is 0 Å². The summed E-state index contributed by atoms with van der Waals surface area (Å²) in [6, 6.07) is 5.76. The molecule has 1 N–H and O–H groups in total. The zero-order valence-electron chi connectivity index (χ0n) is 9.32. The molecule has 0 bridgehead atoms. The lowest BCUT2D eigenvalue weighted by Crippen LogP contribution is -1.95. The highest BCUT2D eigenvalue weighted by Crippen LogP contribution is 2.22. The van der Waals surface area contributed by atoms with Gasteiger partial charge in [-0.25, -0.2) is 0 Å². The van der Waals surface area contributed by atoms with E-state index in [4.69, 9.17) is 4.74 Å². The number of fused-ring (bicyclic) bond motifs is 1. The van der Waals surface area contributed by atoms with Crippen LogP contribution in [0.3, 0.4) is 0 Å². The molecule has 0 aliphatic carbocycles. The van der Waals surface area contributed by atoms with Gasteiger partial charge in [-0.15, -0.1) is 0 Å². The van der Waals surface area contributed by atoms with Gasteiger partial charge in [-0.3, -0.25) is 4.79 Å². The van der Waals surface area contributed by atoms with Crippen LogP contribution < -0.4 is 4.74 Å². The van der Waals surface area contributed by atoms with Gasteiger partial charge in [0.1, 0.15) is 5.75 Å². The molecule has 3 nitrogen and oxygen atoms in total. The van der Waals surface area contributed by atoms with E-state index < -0.39 is 0 Å². The van der Waals surface area contributed by atoms with Crippen LogP contribution in [-0.4, -0.2) is 17.9 Å². The summed E-state index contributed by atoms with van der Waals surface area (Å²) in [4.78, 5) is 13.8. The first-order valence-electron chi connectivity index (χ1n) is 5.54. The van der Waals surface area contributed by atoms with Crippen molar-refractivity contribution in [3.05, 3.63) is 30.0 Å². The number of benzene rings is 1. The third-order valence-electron chi connectivity index (χ3n) is 2.58. The van der Waals surface area contributed by atoms with Crippen molar-refractivity contribution in [3.8, 4) is 5.75 Å². The van der Waals surface area contributed by atoms with Crippen LogP contribution in [0.25, 0.3) is 10.9 Å². The topological polar surface area (TPSA) is 42.1 Å². The predicted molar refractivity (Wildman–Crippen MR) is 64.1 cm³/mol. The summed E-state index contributed by atoms with van der Waals surface area (Å²) in [7, 11) is 0. The first-order chi connectivity index (χ1) is 7.85. The monoisotopic (exact) mass is 217 g/mol. The van der Waals surface area contributed by atoms with Crippen molar-refractivity contribution in [1.82, 2.24) is 4.98 Å². The molecule has 16 heavy (non-hydrogen) atoms. The number of ether oxygens (including phenoxy) is 1. The van der Waals surface area contributed by atoms with Gasteiger partial charge in [0.15, 0.2) is 6.29 Å². The second-order valence-corrected chi connectivity index (χ2v) is 3.77. The Kier molecular flexibility index (Phi) is 3.25. The molecule has 0 aliphatic rings. The quantitative estimate of drug-likeness (QED) is 0.617. The summed E-state index contributed by atoms with van der Waals surface area (Å²) in [6.45, 7) is 2.85. The number of hydrogen-bond donors (Lipinski definition) is 1. The maximum absolute atomic E-state index is 10.8. The molecule has 1 aromatic heterocycles. The van der Waals surface area contributed by atoms with Crippen LogP contribution in [0.2, 0.25) is 0 Å². The minimum Gasteiger partial charge on any atom is -0.494 e. The van der Waals surface area contributed by atoms with E-state index in [0.29, 0.717) is 5.56 Å². The van der Waals surface area contributed by atoms with Gasteiger partial charge in [0.25, 0.3) is 0 Å². The maximum atomic E-state index is 10.8. The van der Waals surface area contributed by atoms with Crippen molar-refractivity contribution in [1.29, 1.82) is 0 Å². The minimum absolute atomic E-state index is 0.677. The molecular weight excluding hydrogens is 202 g/mol. The number of hydrogen-bond acceptors (Lipinski definition) is 2. The maximum Gasteiger partial charge on any atom is 0.152 e. The van der Waals surface area contributed by atoms with Gasteiger partial charge >= 0.3 is 0 Å². The van der Waals surface area contributed by atoms with Crippen molar-refractivity contribution in [2.45, 2.75) is 19.8 Å². The summed E-state index contributed by atoms with van der Waals surface area (Å²) in [6.07, 6.45) is 4.74. The molecule has 1 heterocycles. The molecule has 1 aromatic carbocycles. The van der Waals surface area contributed by atoms with Crippen molar-refractivity contribution in [2.75, 3.05) is 6.61 Å². The summed E-state index contributed by atoms with van der Waals surface area (Å²) in [5.41, 5.74) is 1.64. The van der Waals surface area contributed by atoms with E-state index in [9.17, 15) is 4.79 Å². The fourth-order valence-corrected chi connectivity index (χ4v) is 1.64. The molecule has 0 unspecified atom stereocenters. The summed E-state index contributed by atoms with van der Waals surface area (Å²) in [5, 5.41) is 0.920. The summed E-state index contributed by atoms with van der Waals surface area (Å²) in [5.74, 6) is 0.823. The Morgan fingerprint density at radius 1 is 1.44 bits per heavy atom. The van der Waals surface area contributed by atoms with Gasteiger partial charge in [-0.1, -0.05) is 13.3 Å². The third kappa shape index (κ3) is 2.08. The van der Waals surface area contributed by atoms with Crippen LogP contribution in [0.15, 0.2) is 24.4 Å². The Morgan fingerprint density at radius 2 is 2.31 bits per heavy atom. The smallest absolute Gasteiger partial charge is 0.152 e. The standard InChI is InChI=1S/C13H15NO2/c1-2-3-6-16-11-4-5-13-12(7-11)10(9-15)8-14-13/h4-5,7-9,14H,2-3,6H2,1H3. The normalized spacial score (nSPS) is 10.6. The van der Waals surface area contributed by atoms with Gasteiger partial charge in [0, 0.05) is 22.7 Å². The number of aldehydes is 1. The van der Waals surface area contributed by atoms with Gasteiger partial charge < -0.3 is 9.72 Å². The molecule has 0 radical (unpaired) electrons. The molecule has 0 spiro atoms. The lowest BCUT2D eigenvalue weighted by Gasteiger charge is -2.05. The largest absolute Gasteiger partial charge is 0.494 e. The minimum atomic E-state index is 0.677. The van der Waals surface area contributed by atoms with Crippen LogP contribution in [0.1, 0.15) is 30.1 Å². The lowest BCUT2D eigenvalue weighted by molar-refractivity contribution is 0.112.